The van der Waals surface area contributed by atoms with Gasteiger partial charge in [0.2, 0.25) is 15.9 Å². The quantitative estimate of drug-likeness (QED) is 0.705. The van der Waals surface area contributed by atoms with Gasteiger partial charge in [-0.3, -0.25) is 4.79 Å². The molecule has 0 aromatic heterocycles. The predicted octanol–water partition coefficient (Wildman–Crippen LogP) is 2.62. The van der Waals surface area contributed by atoms with Crippen molar-refractivity contribution in [2.75, 3.05) is 39.4 Å². The van der Waals surface area contributed by atoms with Crippen LogP contribution in [0.4, 0.5) is 0 Å². The SMILES string of the molecule is Cc1cc(C)c(S(=O)(=O)N2CCC(C(=O)N3CCCC(C4OCCO4)C3)CC2)c(C)c1. The molecule has 3 heterocycles. The summed E-state index contributed by atoms with van der Waals surface area (Å²) in [6.45, 7) is 9.15. The summed E-state index contributed by atoms with van der Waals surface area (Å²) < 4.78 is 39.5. The van der Waals surface area contributed by atoms with Gasteiger partial charge in [0.05, 0.1) is 18.1 Å². The Morgan fingerprint density at radius 1 is 0.968 bits per heavy atom. The highest BCUT2D eigenvalue weighted by Gasteiger charge is 2.38. The number of rotatable bonds is 4. The first kappa shape index (κ1) is 22.7. The third-order valence-corrected chi connectivity index (χ3v) is 9.01. The number of hydrogen-bond acceptors (Lipinski definition) is 5. The van der Waals surface area contributed by atoms with E-state index in [1.54, 1.807) is 4.31 Å². The lowest BCUT2D eigenvalue weighted by Crippen LogP contribution is -2.48. The second-order valence-corrected chi connectivity index (χ2v) is 11.1. The zero-order valence-electron chi connectivity index (χ0n) is 18.8. The maximum absolute atomic E-state index is 13.3. The third kappa shape index (κ3) is 4.67. The monoisotopic (exact) mass is 450 g/mol. The Bertz CT molecular complexity index is 895. The minimum absolute atomic E-state index is 0.115. The second kappa shape index (κ2) is 9.17. The van der Waals surface area contributed by atoms with Crippen molar-refractivity contribution in [1.29, 1.82) is 0 Å². The smallest absolute Gasteiger partial charge is 0.243 e. The first-order valence-corrected chi connectivity index (χ1v) is 12.8. The summed E-state index contributed by atoms with van der Waals surface area (Å²) in [5.41, 5.74) is 2.63. The number of hydrogen-bond donors (Lipinski definition) is 0. The van der Waals surface area contributed by atoms with Crippen LogP contribution in [0.2, 0.25) is 0 Å². The summed E-state index contributed by atoms with van der Waals surface area (Å²) >= 11 is 0. The van der Waals surface area contributed by atoms with Crippen LogP contribution < -0.4 is 0 Å². The first-order chi connectivity index (χ1) is 14.8. The number of piperidine rings is 2. The van der Waals surface area contributed by atoms with E-state index in [-0.39, 0.29) is 24.0 Å². The highest BCUT2D eigenvalue weighted by Crippen LogP contribution is 2.31. The first-order valence-electron chi connectivity index (χ1n) is 11.4. The van der Waals surface area contributed by atoms with Gasteiger partial charge in [-0.2, -0.15) is 4.31 Å². The van der Waals surface area contributed by atoms with Gasteiger partial charge in [-0.05, 0) is 57.6 Å². The second-order valence-electron chi connectivity index (χ2n) is 9.20. The molecule has 172 valence electrons. The number of carbonyl (C=O) groups is 1. The molecule has 1 aromatic carbocycles. The molecule has 3 aliphatic heterocycles. The molecule has 0 spiro atoms. The summed E-state index contributed by atoms with van der Waals surface area (Å²) in [6, 6.07) is 3.83. The molecule has 1 unspecified atom stereocenters. The van der Waals surface area contributed by atoms with E-state index in [2.05, 4.69) is 0 Å². The van der Waals surface area contributed by atoms with Crippen LogP contribution in [0.3, 0.4) is 0 Å². The number of ether oxygens (including phenoxy) is 2. The molecule has 1 aromatic rings. The molecular formula is C23H34N2O5S. The molecule has 1 atom stereocenters. The van der Waals surface area contributed by atoms with Crippen molar-refractivity contribution in [3.05, 3.63) is 28.8 Å². The van der Waals surface area contributed by atoms with E-state index in [9.17, 15) is 13.2 Å². The van der Waals surface area contributed by atoms with Gasteiger partial charge in [-0.15, -0.1) is 0 Å². The van der Waals surface area contributed by atoms with Crippen molar-refractivity contribution in [1.82, 2.24) is 9.21 Å². The molecule has 0 saturated carbocycles. The molecule has 31 heavy (non-hydrogen) atoms. The Labute approximate surface area is 185 Å². The molecule has 7 nitrogen and oxygen atoms in total. The number of benzene rings is 1. The normalized spacial score (nSPS) is 24.6. The molecule has 0 N–H and O–H groups in total. The summed E-state index contributed by atoms with van der Waals surface area (Å²) in [4.78, 5) is 15.5. The summed E-state index contributed by atoms with van der Waals surface area (Å²) in [6.07, 6.45) is 2.92. The number of amides is 1. The van der Waals surface area contributed by atoms with Crippen molar-refractivity contribution >= 4 is 15.9 Å². The maximum Gasteiger partial charge on any atom is 0.243 e. The van der Waals surface area contributed by atoms with Crippen molar-refractivity contribution in [2.45, 2.75) is 57.6 Å². The molecule has 3 aliphatic rings. The van der Waals surface area contributed by atoms with Crippen LogP contribution in [0.1, 0.15) is 42.4 Å². The van der Waals surface area contributed by atoms with Crippen LogP contribution in [0.5, 0.6) is 0 Å². The van der Waals surface area contributed by atoms with E-state index in [0.717, 1.165) is 36.1 Å². The average molecular weight is 451 g/mol. The highest BCUT2D eigenvalue weighted by molar-refractivity contribution is 7.89. The van der Waals surface area contributed by atoms with Crippen LogP contribution >= 0.6 is 0 Å². The van der Waals surface area contributed by atoms with Gasteiger partial charge in [-0.1, -0.05) is 17.7 Å². The average Bonchev–Trinajstić information content (AvgIpc) is 3.27. The van der Waals surface area contributed by atoms with Crippen molar-refractivity contribution in [2.24, 2.45) is 11.8 Å². The summed E-state index contributed by atoms with van der Waals surface area (Å²) in [5, 5.41) is 0. The molecule has 4 rings (SSSR count). The minimum Gasteiger partial charge on any atom is -0.350 e. The largest absolute Gasteiger partial charge is 0.350 e. The summed E-state index contributed by atoms with van der Waals surface area (Å²) in [7, 11) is -3.56. The number of likely N-dealkylation sites (tertiary alicyclic amines) is 1. The van der Waals surface area contributed by atoms with E-state index < -0.39 is 10.0 Å². The molecule has 0 bridgehead atoms. The lowest BCUT2D eigenvalue weighted by molar-refractivity contribution is -0.144. The Morgan fingerprint density at radius 2 is 1.58 bits per heavy atom. The standard InChI is InChI=1S/C23H34N2O5S/c1-16-13-17(2)21(18(3)14-16)31(27,28)25-9-6-19(7-10-25)22(26)24-8-4-5-20(15-24)23-29-11-12-30-23/h13-14,19-20,23H,4-12,15H2,1-3H3. The molecule has 0 radical (unpaired) electrons. The fourth-order valence-corrected chi connectivity index (χ4v) is 7.27. The Morgan fingerprint density at radius 3 is 2.19 bits per heavy atom. The van der Waals surface area contributed by atoms with Gasteiger partial charge in [-0.25, -0.2) is 8.42 Å². The fourth-order valence-electron chi connectivity index (χ4n) is 5.39. The number of nitrogens with zero attached hydrogens (tertiary/aromatic N) is 2. The molecule has 8 heteroatoms. The van der Waals surface area contributed by atoms with Crippen LogP contribution in [0, 0.1) is 32.6 Å². The Balaban J connectivity index is 1.38. The van der Waals surface area contributed by atoms with Gasteiger partial charge < -0.3 is 14.4 Å². The third-order valence-electron chi connectivity index (χ3n) is 6.81. The molecule has 3 fully saturated rings. The topological polar surface area (TPSA) is 76.2 Å². The number of aryl methyl sites for hydroxylation is 3. The summed E-state index contributed by atoms with van der Waals surface area (Å²) in [5.74, 6) is 0.270. The predicted molar refractivity (Wildman–Crippen MR) is 117 cm³/mol. The molecule has 3 saturated heterocycles. The van der Waals surface area contributed by atoms with Gasteiger partial charge in [0.15, 0.2) is 6.29 Å². The maximum atomic E-state index is 13.3. The zero-order chi connectivity index (χ0) is 22.2. The molecular weight excluding hydrogens is 416 g/mol. The van der Waals surface area contributed by atoms with Gasteiger partial charge in [0.1, 0.15) is 0 Å². The van der Waals surface area contributed by atoms with Gasteiger partial charge in [0, 0.05) is 38.0 Å². The van der Waals surface area contributed by atoms with E-state index >= 15 is 0 Å². The van der Waals surface area contributed by atoms with Gasteiger partial charge >= 0.3 is 0 Å². The zero-order valence-corrected chi connectivity index (χ0v) is 19.6. The van der Waals surface area contributed by atoms with E-state index in [1.807, 2.05) is 37.8 Å². The lowest BCUT2D eigenvalue weighted by Gasteiger charge is -2.38. The van der Waals surface area contributed by atoms with Crippen LogP contribution in [0.15, 0.2) is 17.0 Å². The van der Waals surface area contributed by atoms with Crippen molar-refractivity contribution in [3.63, 3.8) is 0 Å². The van der Waals surface area contributed by atoms with Crippen LogP contribution in [-0.2, 0) is 24.3 Å². The highest BCUT2D eigenvalue weighted by atomic mass is 32.2. The van der Waals surface area contributed by atoms with Crippen LogP contribution in [-0.4, -0.2) is 69.2 Å². The Hall–Kier alpha value is -1.48. The number of carbonyl (C=O) groups excluding carboxylic acids is 1. The van der Waals surface area contributed by atoms with Crippen LogP contribution in [0.25, 0.3) is 0 Å². The molecule has 1 amide bonds. The van der Waals surface area contributed by atoms with Crippen molar-refractivity contribution in [3.8, 4) is 0 Å². The fraction of sp³-hybridized carbons (Fsp3) is 0.696. The number of sulfonamides is 1. The minimum atomic E-state index is -3.56. The van der Waals surface area contributed by atoms with E-state index in [4.69, 9.17) is 9.47 Å². The Kier molecular flexibility index (Phi) is 6.72. The van der Waals surface area contributed by atoms with Crippen molar-refractivity contribution < 1.29 is 22.7 Å². The molecule has 0 aliphatic carbocycles. The lowest BCUT2D eigenvalue weighted by atomic mass is 9.92. The van der Waals surface area contributed by atoms with Gasteiger partial charge in [0.25, 0.3) is 0 Å². The van der Waals surface area contributed by atoms with E-state index in [1.165, 1.54) is 0 Å². The van der Waals surface area contributed by atoms with E-state index in [0.29, 0.717) is 50.6 Å².